The van der Waals surface area contributed by atoms with E-state index in [4.69, 9.17) is 0 Å². The third-order valence-electron chi connectivity index (χ3n) is 3.82. The van der Waals surface area contributed by atoms with Crippen LogP contribution < -0.4 is 4.72 Å². The summed E-state index contributed by atoms with van der Waals surface area (Å²) in [4.78, 5) is 0. The van der Waals surface area contributed by atoms with Crippen LogP contribution >= 0.6 is 0 Å². The molecule has 0 bridgehead atoms. The average Bonchev–Trinajstić information content (AvgIpc) is 2.99. The Balaban J connectivity index is 2.02. The second-order valence-electron chi connectivity index (χ2n) is 4.81. The minimum absolute atomic E-state index is 0.141. The van der Waals surface area contributed by atoms with Crippen molar-refractivity contribution in [1.29, 1.82) is 0 Å². The van der Waals surface area contributed by atoms with Crippen molar-refractivity contribution >= 4 is 10.0 Å². The molecule has 0 atom stereocenters. The summed E-state index contributed by atoms with van der Waals surface area (Å²) in [5.74, 6) is 0. The van der Waals surface area contributed by atoms with Gasteiger partial charge in [-0.05, 0) is 30.7 Å². The Morgan fingerprint density at radius 1 is 1.47 bits per heavy atom. The van der Waals surface area contributed by atoms with Crippen LogP contribution in [0.2, 0.25) is 0 Å². The Kier molecular flexibility index (Phi) is 3.53. The number of sulfonamides is 1. The minimum atomic E-state index is -3.42. The molecule has 1 saturated carbocycles. The van der Waals surface area contributed by atoms with Gasteiger partial charge in [0.15, 0.2) is 5.03 Å². The van der Waals surface area contributed by atoms with Gasteiger partial charge >= 0.3 is 0 Å². The van der Waals surface area contributed by atoms with E-state index in [0.29, 0.717) is 6.54 Å². The zero-order chi connectivity index (χ0) is 12.4. The lowest BCUT2D eigenvalue weighted by Gasteiger charge is -2.27. The summed E-state index contributed by atoms with van der Waals surface area (Å²) in [7, 11) is -3.42. The van der Waals surface area contributed by atoms with E-state index >= 15 is 0 Å². The summed E-state index contributed by atoms with van der Waals surface area (Å²) in [6.07, 6.45) is 7.13. The van der Waals surface area contributed by atoms with Crippen LogP contribution in [0.1, 0.15) is 39.0 Å². The van der Waals surface area contributed by atoms with Crippen molar-refractivity contribution in [2.75, 3.05) is 6.54 Å². The van der Waals surface area contributed by atoms with E-state index in [-0.39, 0.29) is 10.4 Å². The summed E-state index contributed by atoms with van der Waals surface area (Å²) in [5.41, 5.74) is 0.160. The Hall–Kier alpha value is -0.880. The van der Waals surface area contributed by atoms with Crippen LogP contribution in [0, 0.1) is 5.41 Å². The Labute approximate surface area is 102 Å². The predicted molar refractivity (Wildman–Crippen MR) is 65.0 cm³/mol. The largest absolute Gasteiger partial charge is 0.266 e. The topological polar surface area (TPSA) is 74.8 Å². The van der Waals surface area contributed by atoms with Crippen molar-refractivity contribution in [3.05, 3.63) is 12.3 Å². The van der Waals surface area contributed by atoms with Crippen molar-refractivity contribution < 1.29 is 8.42 Å². The molecule has 5 nitrogen and oxygen atoms in total. The first kappa shape index (κ1) is 12.6. The molecule has 0 spiro atoms. The summed E-state index contributed by atoms with van der Waals surface area (Å²) < 4.78 is 26.5. The highest BCUT2D eigenvalue weighted by Gasteiger charge is 2.33. The highest BCUT2D eigenvalue weighted by atomic mass is 32.2. The van der Waals surface area contributed by atoms with Gasteiger partial charge in [0.2, 0.25) is 0 Å². The first-order valence-electron chi connectivity index (χ1n) is 6.07. The maximum Gasteiger partial charge on any atom is 0.257 e. The molecule has 0 radical (unpaired) electrons. The zero-order valence-electron chi connectivity index (χ0n) is 10.1. The molecule has 1 heterocycles. The van der Waals surface area contributed by atoms with Gasteiger partial charge in [-0.3, -0.25) is 5.10 Å². The summed E-state index contributed by atoms with van der Waals surface area (Å²) in [6, 6.07) is 1.47. The van der Waals surface area contributed by atoms with E-state index in [1.807, 2.05) is 0 Å². The fraction of sp³-hybridized carbons (Fsp3) is 0.727. The van der Waals surface area contributed by atoms with Gasteiger partial charge in [-0.25, -0.2) is 13.1 Å². The molecule has 0 amide bonds. The SMILES string of the molecule is CCC1(CNS(=O)(=O)c2ccn[nH]2)CCCC1. The van der Waals surface area contributed by atoms with Gasteiger partial charge in [0.25, 0.3) is 10.0 Å². The molecule has 0 saturated heterocycles. The second kappa shape index (κ2) is 4.78. The molecule has 1 aliphatic rings. The van der Waals surface area contributed by atoms with E-state index in [9.17, 15) is 8.42 Å². The van der Waals surface area contributed by atoms with Crippen LogP contribution in [0.3, 0.4) is 0 Å². The standard InChI is InChI=1S/C11H19N3O2S/c1-2-11(6-3-4-7-11)9-13-17(15,16)10-5-8-12-14-10/h5,8,13H,2-4,6-7,9H2,1H3,(H,12,14). The summed E-state index contributed by atoms with van der Waals surface area (Å²) in [6.45, 7) is 2.67. The monoisotopic (exact) mass is 257 g/mol. The fourth-order valence-corrected chi connectivity index (χ4v) is 3.56. The third-order valence-corrected chi connectivity index (χ3v) is 5.15. The Bertz CT molecular complexity index is 447. The van der Waals surface area contributed by atoms with Crippen LogP contribution in [-0.4, -0.2) is 25.2 Å². The summed E-state index contributed by atoms with van der Waals surface area (Å²) in [5, 5.41) is 6.28. The third kappa shape index (κ3) is 2.69. The first-order valence-corrected chi connectivity index (χ1v) is 7.55. The highest BCUT2D eigenvalue weighted by Crippen LogP contribution is 2.40. The number of hydrogen-bond acceptors (Lipinski definition) is 3. The molecule has 96 valence electrons. The van der Waals surface area contributed by atoms with E-state index < -0.39 is 10.0 Å². The van der Waals surface area contributed by atoms with E-state index in [2.05, 4.69) is 21.8 Å². The van der Waals surface area contributed by atoms with Gasteiger partial charge in [0, 0.05) is 6.54 Å². The van der Waals surface area contributed by atoms with Crippen LogP contribution in [0.5, 0.6) is 0 Å². The lowest BCUT2D eigenvalue weighted by Crippen LogP contribution is -2.35. The number of rotatable bonds is 5. The molecule has 1 aromatic heterocycles. The zero-order valence-corrected chi connectivity index (χ0v) is 10.9. The van der Waals surface area contributed by atoms with Crippen molar-refractivity contribution in [2.24, 2.45) is 5.41 Å². The van der Waals surface area contributed by atoms with Crippen LogP contribution in [0.4, 0.5) is 0 Å². The van der Waals surface area contributed by atoms with Crippen molar-refractivity contribution in [2.45, 2.75) is 44.1 Å². The maximum absolute atomic E-state index is 11.9. The van der Waals surface area contributed by atoms with Crippen LogP contribution in [0.15, 0.2) is 17.3 Å². The second-order valence-corrected chi connectivity index (χ2v) is 6.54. The lowest BCUT2D eigenvalue weighted by molar-refractivity contribution is 0.285. The number of aromatic nitrogens is 2. The van der Waals surface area contributed by atoms with Gasteiger partial charge in [-0.2, -0.15) is 5.10 Å². The molecule has 1 fully saturated rings. The van der Waals surface area contributed by atoms with E-state index in [1.54, 1.807) is 0 Å². The smallest absolute Gasteiger partial charge is 0.257 e. The molecular formula is C11H19N3O2S. The fourth-order valence-electron chi connectivity index (χ4n) is 2.50. The molecule has 2 N–H and O–H groups in total. The maximum atomic E-state index is 11.9. The minimum Gasteiger partial charge on any atom is -0.266 e. The van der Waals surface area contributed by atoms with E-state index in [0.717, 1.165) is 19.3 Å². The van der Waals surface area contributed by atoms with Crippen molar-refractivity contribution in [1.82, 2.24) is 14.9 Å². The van der Waals surface area contributed by atoms with Crippen molar-refractivity contribution in [3.8, 4) is 0 Å². The van der Waals surface area contributed by atoms with Gasteiger partial charge in [0.05, 0.1) is 6.20 Å². The molecule has 2 rings (SSSR count). The molecule has 0 aromatic carbocycles. The molecular weight excluding hydrogens is 238 g/mol. The number of nitrogens with zero attached hydrogens (tertiary/aromatic N) is 1. The molecule has 0 aliphatic heterocycles. The highest BCUT2D eigenvalue weighted by molar-refractivity contribution is 7.89. The normalized spacial score (nSPS) is 19.6. The van der Waals surface area contributed by atoms with E-state index in [1.165, 1.54) is 25.1 Å². The number of aromatic amines is 1. The Morgan fingerprint density at radius 3 is 2.71 bits per heavy atom. The average molecular weight is 257 g/mol. The van der Waals surface area contributed by atoms with Gasteiger partial charge in [0.1, 0.15) is 0 Å². The number of nitrogens with one attached hydrogen (secondary N) is 2. The Morgan fingerprint density at radius 2 is 2.18 bits per heavy atom. The molecule has 6 heteroatoms. The molecule has 0 unspecified atom stereocenters. The van der Waals surface area contributed by atoms with Crippen LogP contribution in [0.25, 0.3) is 0 Å². The predicted octanol–water partition coefficient (Wildman–Crippen LogP) is 1.66. The van der Waals surface area contributed by atoms with Gasteiger partial charge < -0.3 is 0 Å². The number of H-pyrrole nitrogens is 1. The number of hydrogen-bond donors (Lipinski definition) is 2. The van der Waals surface area contributed by atoms with Gasteiger partial charge in [-0.1, -0.05) is 19.8 Å². The van der Waals surface area contributed by atoms with Crippen molar-refractivity contribution in [3.63, 3.8) is 0 Å². The molecule has 17 heavy (non-hydrogen) atoms. The first-order chi connectivity index (χ1) is 8.08. The summed E-state index contributed by atoms with van der Waals surface area (Å²) >= 11 is 0. The van der Waals surface area contributed by atoms with Crippen LogP contribution in [-0.2, 0) is 10.0 Å². The molecule has 1 aliphatic carbocycles. The molecule has 1 aromatic rings. The quantitative estimate of drug-likeness (QED) is 0.842. The lowest BCUT2D eigenvalue weighted by atomic mass is 9.84. The van der Waals surface area contributed by atoms with Gasteiger partial charge in [-0.15, -0.1) is 0 Å².